The average molecular weight is 247 g/mol. The van der Waals surface area contributed by atoms with E-state index in [0.29, 0.717) is 25.8 Å². The van der Waals surface area contributed by atoms with E-state index in [1.807, 2.05) is 18.7 Å². The molecule has 0 heterocycles. The predicted molar refractivity (Wildman–Crippen MR) is 70.1 cm³/mol. The van der Waals surface area contributed by atoms with Crippen molar-refractivity contribution in [2.75, 3.05) is 25.5 Å². The highest BCUT2D eigenvalue weighted by molar-refractivity contribution is 7.99. The molecule has 0 radical (unpaired) electrons. The Hall–Kier alpha value is 0.230. The maximum atomic E-state index is 9.66. The van der Waals surface area contributed by atoms with Crippen molar-refractivity contribution in [2.45, 2.75) is 50.5 Å². The molecular weight excluding hydrogens is 222 g/mol. The van der Waals surface area contributed by atoms with Crippen molar-refractivity contribution in [2.24, 2.45) is 0 Å². The number of ether oxygens (including phenoxy) is 1. The van der Waals surface area contributed by atoms with E-state index in [4.69, 9.17) is 4.74 Å². The van der Waals surface area contributed by atoms with Crippen LogP contribution in [-0.4, -0.2) is 48.0 Å². The molecule has 96 valence electrons. The summed E-state index contributed by atoms with van der Waals surface area (Å²) in [6.07, 6.45) is 3.51. The maximum absolute atomic E-state index is 9.66. The quantitative estimate of drug-likeness (QED) is 0.684. The third-order valence-corrected chi connectivity index (χ3v) is 4.29. The highest BCUT2D eigenvalue weighted by Gasteiger charge is 2.26. The molecule has 3 atom stereocenters. The van der Waals surface area contributed by atoms with Crippen molar-refractivity contribution < 1.29 is 9.84 Å². The van der Waals surface area contributed by atoms with E-state index in [1.165, 1.54) is 25.0 Å². The van der Waals surface area contributed by atoms with E-state index in [9.17, 15) is 5.11 Å². The van der Waals surface area contributed by atoms with E-state index in [-0.39, 0.29) is 6.10 Å². The Morgan fingerprint density at radius 3 is 2.94 bits per heavy atom. The topological polar surface area (TPSA) is 41.5 Å². The zero-order chi connectivity index (χ0) is 11.8. The first-order valence-electron chi connectivity index (χ1n) is 6.38. The highest BCUT2D eigenvalue weighted by atomic mass is 32.2. The Labute approximate surface area is 103 Å². The third-order valence-electron chi connectivity index (χ3n) is 2.96. The van der Waals surface area contributed by atoms with Crippen molar-refractivity contribution in [1.82, 2.24) is 5.32 Å². The molecule has 1 aliphatic rings. The van der Waals surface area contributed by atoms with Gasteiger partial charge in [0.25, 0.3) is 0 Å². The van der Waals surface area contributed by atoms with Crippen molar-refractivity contribution >= 4 is 11.8 Å². The third kappa shape index (κ3) is 5.04. The molecule has 0 amide bonds. The summed E-state index contributed by atoms with van der Waals surface area (Å²) >= 11 is 2.04. The number of hydrogen-bond donors (Lipinski definition) is 2. The normalized spacial score (nSPS) is 27.2. The van der Waals surface area contributed by atoms with Gasteiger partial charge in [-0.2, -0.15) is 11.8 Å². The molecular formula is C12H25NO2S. The number of nitrogens with one attached hydrogen (secondary N) is 1. The van der Waals surface area contributed by atoms with Crippen molar-refractivity contribution in [3.05, 3.63) is 0 Å². The molecule has 1 saturated carbocycles. The molecule has 3 nitrogen and oxygen atoms in total. The first-order valence-corrected chi connectivity index (χ1v) is 7.43. The smallest absolute Gasteiger partial charge is 0.0897 e. The largest absolute Gasteiger partial charge is 0.389 e. The lowest BCUT2D eigenvalue weighted by Crippen LogP contribution is -2.40. The SMILES string of the molecule is CCOCC(O)CNC1CCCC1SCC. The lowest BCUT2D eigenvalue weighted by Gasteiger charge is -2.21. The molecule has 4 heteroatoms. The van der Waals surface area contributed by atoms with Crippen LogP contribution in [0.3, 0.4) is 0 Å². The molecule has 3 unspecified atom stereocenters. The first kappa shape index (κ1) is 14.3. The summed E-state index contributed by atoms with van der Waals surface area (Å²) < 4.78 is 5.19. The summed E-state index contributed by atoms with van der Waals surface area (Å²) in [6, 6.07) is 0.584. The summed E-state index contributed by atoms with van der Waals surface area (Å²) in [5.74, 6) is 1.18. The maximum Gasteiger partial charge on any atom is 0.0897 e. The molecule has 2 N–H and O–H groups in total. The van der Waals surface area contributed by atoms with Crippen molar-refractivity contribution in [1.29, 1.82) is 0 Å². The van der Waals surface area contributed by atoms with Gasteiger partial charge in [0, 0.05) is 24.4 Å². The molecule has 0 aliphatic heterocycles. The van der Waals surface area contributed by atoms with E-state index in [0.717, 1.165) is 5.25 Å². The number of rotatable bonds is 8. The summed E-state index contributed by atoms with van der Waals surface area (Å²) in [4.78, 5) is 0. The minimum atomic E-state index is -0.368. The van der Waals surface area contributed by atoms with E-state index in [2.05, 4.69) is 12.2 Å². The van der Waals surface area contributed by atoms with Crippen LogP contribution in [0.25, 0.3) is 0 Å². The minimum Gasteiger partial charge on any atom is -0.389 e. The van der Waals surface area contributed by atoms with Crippen LogP contribution in [0.4, 0.5) is 0 Å². The summed E-state index contributed by atoms with van der Waals surface area (Å²) in [5, 5.41) is 13.9. The van der Waals surface area contributed by atoms with Gasteiger partial charge in [-0.1, -0.05) is 13.3 Å². The minimum absolute atomic E-state index is 0.368. The van der Waals surface area contributed by atoms with Crippen LogP contribution in [0.2, 0.25) is 0 Å². The fourth-order valence-corrected chi connectivity index (χ4v) is 3.40. The molecule has 1 fully saturated rings. The van der Waals surface area contributed by atoms with Gasteiger partial charge in [0.2, 0.25) is 0 Å². The first-order chi connectivity index (χ1) is 7.77. The van der Waals surface area contributed by atoms with Crippen LogP contribution in [0.15, 0.2) is 0 Å². The molecule has 0 bridgehead atoms. The van der Waals surface area contributed by atoms with Crippen LogP contribution < -0.4 is 5.32 Å². The van der Waals surface area contributed by atoms with Gasteiger partial charge in [0.1, 0.15) is 0 Å². The Morgan fingerprint density at radius 1 is 1.44 bits per heavy atom. The van der Waals surface area contributed by atoms with Crippen LogP contribution >= 0.6 is 11.8 Å². The lowest BCUT2D eigenvalue weighted by atomic mass is 10.2. The Morgan fingerprint density at radius 2 is 2.25 bits per heavy atom. The average Bonchev–Trinajstić information content (AvgIpc) is 2.72. The zero-order valence-corrected chi connectivity index (χ0v) is 11.3. The second kappa shape index (κ2) is 8.34. The molecule has 0 saturated heterocycles. The zero-order valence-electron chi connectivity index (χ0n) is 10.4. The lowest BCUT2D eigenvalue weighted by molar-refractivity contribution is 0.0416. The monoisotopic (exact) mass is 247 g/mol. The number of aliphatic hydroxyl groups is 1. The Bertz CT molecular complexity index is 180. The Balaban J connectivity index is 2.15. The van der Waals surface area contributed by atoms with Gasteiger partial charge in [-0.25, -0.2) is 0 Å². The van der Waals surface area contributed by atoms with E-state index < -0.39 is 0 Å². The second-order valence-electron chi connectivity index (χ2n) is 4.25. The second-order valence-corrected chi connectivity index (χ2v) is 5.77. The fourth-order valence-electron chi connectivity index (χ4n) is 2.17. The number of hydrogen-bond acceptors (Lipinski definition) is 4. The van der Waals surface area contributed by atoms with Crippen molar-refractivity contribution in [3.63, 3.8) is 0 Å². The summed E-state index contributed by atoms with van der Waals surface area (Å²) in [5.41, 5.74) is 0. The van der Waals surface area contributed by atoms with E-state index >= 15 is 0 Å². The number of thioether (sulfide) groups is 1. The molecule has 0 aromatic heterocycles. The molecule has 0 aromatic rings. The molecule has 0 aromatic carbocycles. The van der Waals surface area contributed by atoms with Gasteiger partial charge in [-0.3, -0.25) is 0 Å². The number of aliphatic hydroxyl groups excluding tert-OH is 1. The molecule has 0 spiro atoms. The summed E-state index contributed by atoms with van der Waals surface area (Å²) in [7, 11) is 0. The van der Waals surface area contributed by atoms with Gasteiger partial charge in [0.15, 0.2) is 0 Å². The van der Waals surface area contributed by atoms with Gasteiger partial charge in [-0.15, -0.1) is 0 Å². The standard InChI is InChI=1S/C12H25NO2S/c1-3-15-9-10(14)8-13-11-6-5-7-12(11)16-4-2/h10-14H,3-9H2,1-2H3. The van der Waals surface area contributed by atoms with Crippen LogP contribution in [0, 0.1) is 0 Å². The van der Waals surface area contributed by atoms with Gasteiger partial charge in [0.05, 0.1) is 12.7 Å². The van der Waals surface area contributed by atoms with Gasteiger partial charge in [-0.05, 0) is 25.5 Å². The molecule has 16 heavy (non-hydrogen) atoms. The van der Waals surface area contributed by atoms with Gasteiger partial charge < -0.3 is 15.2 Å². The molecule has 1 aliphatic carbocycles. The highest BCUT2D eigenvalue weighted by Crippen LogP contribution is 2.29. The molecule has 1 rings (SSSR count). The fraction of sp³-hybridized carbons (Fsp3) is 1.00. The van der Waals surface area contributed by atoms with Crippen LogP contribution in [-0.2, 0) is 4.74 Å². The van der Waals surface area contributed by atoms with Crippen LogP contribution in [0.1, 0.15) is 33.1 Å². The van der Waals surface area contributed by atoms with Crippen LogP contribution in [0.5, 0.6) is 0 Å². The Kier molecular flexibility index (Phi) is 7.45. The van der Waals surface area contributed by atoms with E-state index in [1.54, 1.807) is 0 Å². The predicted octanol–water partition coefficient (Wildman–Crippen LogP) is 1.65. The van der Waals surface area contributed by atoms with Crippen molar-refractivity contribution in [3.8, 4) is 0 Å². The summed E-state index contributed by atoms with van der Waals surface area (Å²) in [6.45, 7) is 5.94. The van der Waals surface area contributed by atoms with Gasteiger partial charge >= 0.3 is 0 Å².